The van der Waals surface area contributed by atoms with Gasteiger partial charge in [0.15, 0.2) is 0 Å². The lowest BCUT2D eigenvalue weighted by molar-refractivity contribution is 0.0222. The quantitative estimate of drug-likeness (QED) is 0.788. The molecule has 2 aromatic heterocycles. The molecule has 0 radical (unpaired) electrons. The topological polar surface area (TPSA) is 88.2 Å². The minimum Gasteiger partial charge on any atom is -0.444 e. The highest BCUT2D eigenvalue weighted by Crippen LogP contribution is 2.20. The largest absolute Gasteiger partial charge is 0.444 e. The van der Waals surface area contributed by atoms with E-state index in [2.05, 4.69) is 15.0 Å². The molecule has 0 fully saturated rings. The number of nitrogens with zero attached hydrogens (tertiary/aromatic N) is 3. The molecule has 1 aliphatic rings. The number of ether oxygens (including phenoxy) is 1. The second-order valence-corrected chi connectivity index (χ2v) is 7.25. The lowest BCUT2D eigenvalue weighted by Crippen LogP contribution is -2.42. The SMILES string of the molecule is CC(C)(C)OC(=O)N1CCc2nc(-c3ccc(Cl)nc3)[nH]c(=O)c2C1. The summed E-state index contributed by atoms with van der Waals surface area (Å²) in [6.07, 6.45) is 1.62. The Morgan fingerprint density at radius 3 is 2.76 bits per heavy atom. The molecule has 132 valence electrons. The molecular weight excluding hydrogens is 344 g/mol. The van der Waals surface area contributed by atoms with E-state index < -0.39 is 11.7 Å². The van der Waals surface area contributed by atoms with E-state index in [9.17, 15) is 9.59 Å². The number of hydrogen-bond donors (Lipinski definition) is 1. The molecule has 0 atom stereocenters. The molecule has 7 nitrogen and oxygen atoms in total. The van der Waals surface area contributed by atoms with Crippen molar-refractivity contribution in [2.75, 3.05) is 6.54 Å². The zero-order valence-electron chi connectivity index (χ0n) is 14.3. The average Bonchev–Trinajstić information content (AvgIpc) is 2.53. The van der Waals surface area contributed by atoms with E-state index in [1.54, 1.807) is 18.3 Å². The Balaban J connectivity index is 1.86. The molecule has 2 aromatic rings. The van der Waals surface area contributed by atoms with Crippen molar-refractivity contribution >= 4 is 17.7 Å². The molecule has 0 saturated heterocycles. The fraction of sp³-hybridized carbons (Fsp3) is 0.412. The first-order chi connectivity index (χ1) is 11.7. The van der Waals surface area contributed by atoms with Crippen molar-refractivity contribution in [3.8, 4) is 11.4 Å². The van der Waals surface area contributed by atoms with Crippen molar-refractivity contribution in [1.82, 2.24) is 19.9 Å². The lowest BCUT2D eigenvalue weighted by atomic mass is 10.1. The molecule has 1 aliphatic heterocycles. The van der Waals surface area contributed by atoms with Crippen molar-refractivity contribution in [1.29, 1.82) is 0 Å². The molecule has 3 rings (SSSR count). The first kappa shape index (κ1) is 17.4. The van der Waals surface area contributed by atoms with Crippen molar-refractivity contribution in [2.24, 2.45) is 0 Å². The van der Waals surface area contributed by atoms with Crippen LogP contribution < -0.4 is 5.56 Å². The number of carbonyl (C=O) groups is 1. The highest BCUT2D eigenvalue weighted by atomic mass is 35.5. The van der Waals surface area contributed by atoms with Gasteiger partial charge in [0.2, 0.25) is 0 Å². The smallest absolute Gasteiger partial charge is 0.410 e. The maximum Gasteiger partial charge on any atom is 0.410 e. The van der Waals surface area contributed by atoms with Gasteiger partial charge in [0.25, 0.3) is 5.56 Å². The number of aromatic nitrogens is 3. The van der Waals surface area contributed by atoms with E-state index >= 15 is 0 Å². The molecule has 8 heteroatoms. The Hall–Kier alpha value is -2.41. The summed E-state index contributed by atoms with van der Waals surface area (Å²) in [6.45, 7) is 6.07. The van der Waals surface area contributed by atoms with Crippen LogP contribution in [0.1, 0.15) is 32.0 Å². The number of carbonyl (C=O) groups excluding carboxylic acids is 1. The van der Waals surface area contributed by atoms with E-state index in [0.717, 1.165) is 0 Å². The summed E-state index contributed by atoms with van der Waals surface area (Å²) in [5, 5.41) is 0.372. The molecule has 1 amide bonds. The average molecular weight is 363 g/mol. The van der Waals surface area contributed by atoms with Gasteiger partial charge in [0.1, 0.15) is 16.6 Å². The molecule has 0 bridgehead atoms. The van der Waals surface area contributed by atoms with Crippen LogP contribution in [0.2, 0.25) is 5.15 Å². The monoisotopic (exact) mass is 362 g/mol. The first-order valence-electron chi connectivity index (χ1n) is 7.95. The fourth-order valence-corrected chi connectivity index (χ4v) is 2.67. The highest BCUT2D eigenvalue weighted by Gasteiger charge is 2.28. The van der Waals surface area contributed by atoms with E-state index in [4.69, 9.17) is 16.3 Å². The number of rotatable bonds is 1. The third kappa shape index (κ3) is 3.99. The Kier molecular flexibility index (Phi) is 4.51. The number of halogens is 1. The van der Waals surface area contributed by atoms with Crippen LogP contribution in [0.4, 0.5) is 4.79 Å². The third-order valence-electron chi connectivity index (χ3n) is 3.72. The second-order valence-electron chi connectivity index (χ2n) is 6.86. The van der Waals surface area contributed by atoms with Gasteiger partial charge in [-0.3, -0.25) is 4.79 Å². The van der Waals surface area contributed by atoms with E-state index in [1.807, 2.05) is 20.8 Å². The van der Waals surface area contributed by atoms with Gasteiger partial charge in [-0.1, -0.05) is 11.6 Å². The van der Waals surface area contributed by atoms with Crippen LogP contribution in [0.25, 0.3) is 11.4 Å². The summed E-state index contributed by atoms with van der Waals surface area (Å²) in [5.41, 5.74) is 1.02. The zero-order chi connectivity index (χ0) is 18.2. The molecule has 0 saturated carbocycles. The van der Waals surface area contributed by atoms with Crippen molar-refractivity contribution < 1.29 is 9.53 Å². The third-order valence-corrected chi connectivity index (χ3v) is 3.94. The van der Waals surface area contributed by atoms with Crippen LogP contribution in [0.15, 0.2) is 23.1 Å². The Labute approximate surface area is 150 Å². The Morgan fingerprint density at radius 2 is 2.12 bits per heavy atom. The normalized spacial score (nSPS) is 14.2. The molecule has 25 heavy (non-hydrogen) atoms. The number of nitrogens with one attached hydrogen (secondary N) is 1. The van der Waals surface area contributed by atoms with E-state index in [-0.39, 0.29) is 12.1 Å². The number of amides is 1. The number of H-pyrrole nitrogens is 1. The molecule has 0 aliphatic carbocycles. The number of pyridine rings is 1. The predicted molar refractivity (Wildman–Crippen MR) is 93.4 cm³/mol. The van der Waals surface area contributed by atoms with Gasteiger partial charge >= 0.3 is 6.09 Å². The van der Waals surface area contributed by atoms with Gasteiger partial charge in [0.05, 0.1) is 17.8 Å². The van der Waals surface area contributed by atoms with E-state index in [0.29, 0.717) is 40.8 Å². The number of aromatic amines is 1. The van der Waals surface area contributed by atoms with Crippen LogP contribution in [-0.2, 0) is 17.7 Å². The number of hydrogen-bond acceptors (Lipinski definition) is 5. The summed E-state index contributed by atoms with van der Waals surface area (Å²) in [6, 6.07) is 3.39. The maximum absolute atomic E-state index is 12.5. The van der Waals surface area contributed by atoms with Crippen LogP contribution in [0.3, 0.4) is 0 Å². The van der Waals surface area contributed by atoms with Gasteiger partial charge in [-0.25, -0.2) is 14.8 Å². The molecule has 0 aromatic carbocycles. The molecule has 1 N–H and O–H groups in total. The first-order valence-corrected chi connectivity index (χ1v) is 8.32. The summed E-state index contributed by atoms with van der Waals surface area (Å²) in [7, 11) is 0. The van der Waals surface area contributed by atoms with Gasteiger partial charge in [-0.05, 0) is 32.9 Å². The van der Waals surface area contributed by atoms with Gasteiger partial charge in [-0.2, -0.15) is 0 Å². The van der Waals surface area contributed by atoms with Crippen molar-refractivity contribution in [3.63, 3.8) is 0 Å². The summed E-state index contributed by atoms with van der Waals surface area (Å²) >= 11 is 5.78. The van der Waals surface area contributed by atoms with Gasteiger partial charge in [-0.15, -0.1) is 0 Å². The second kappa shape index (κ2) is 6.48. The predicted octanol–water partition coefficient (Wildman–Crippen LogP) is 2.78. The number of fused-ring (bicyclic) bond motifs is 1. The van der Waals surface area contributed by atoms with Crippen molar-refractivity contribution in [3.05, 3.63) is 45.1 Å². The maximum atomic E-state index is 12.5. The van der Waals surface area contributed by atoms with Gasteiger partial charge < -0.3 is 14.6 Å². The summed E-state index contributed by atoms with van der Waals surface area (Å²) in [4.78, 5) is 37.5. The Morgan fingerprint density at radius 1 is 1.36 bits per heavy atom. The van der Waals surface area contributed by atoms with Crippen LogP contribution in [0.5, 0.6) is 0 Å². The summed E-state index contributed by atoms with van der Waals surface area (Å²) < 4.78 is 5.37. The van der Waals surface area contributed by atoms with Crippen molar-refractivity contribution in [2.45, 2.75) is 39.3 Å². The molecular formula is C17H19ClN4O3. The van der Waals surface area contributed by atoms with E-state index in [1.165, 1.54) is 4.90 Å². The minimum atomic E-state index is -0.576. The summed E-state index contributed by atoms with van der Waals surface area (Å²) in [5.74, 6) is 0.443. The van der Waals surface area contributed by atoms with Crippen LogP contribution in [-0.4, -0.2) is 38.1 Å². The fourth-order valence-electron chi connectivity index (χ4n) is 2.56. The standard InChI is InChI=1S/C17H19ClN4O3/c1-17(2,3)25-16(24)22-7-6-12-11(9-22)15(23)21-14(20-12)10-4-5-13(18)19-8-10/h4-5,8H,6-7,9H2,1-3H3,(H,20,21,23). The molecule has 0 unspecified atom stereocenters. The van der Waals surface area contributed by atoms with Gasteiger partial charge in [0, 0.05) is 24.7 Å². The lowest BCUT2D eigenvalue weighted by Gasteiger charge is -2.30. The van der Waals surface area contributed by atoms with Crippen LogP contribution >= 0.6 is 11.6 Å². The minimum absolute atomic E-state index is 0.186. The highest BCUT2D eigenvalue weighted by molar-refractivity contribution is 6.29. The zero-order valence-corrected chi connectivity index (χ0v) is 15.1. The Bertz CT molecular complexity index is 856. The molecule has 0 spiro atoms. The van der Waals surface area contributed by atoms with Crippen LogP contribution in [0, 0.1) is 0 Å². The molecule has 3 heterocycles.